The lowest BCUT2D eigenvalue weighted by Crippen LogP contribution is -2.63. The van der Waals surface area contributed by atoms with E-state index in [4.69, 9.17) is 66.1 Å². The van der Waals surface area contributed by atoms with Gasteiger partial charge in [0, 0.05) is 124 Å². The summed E-state index contributed by atoms with van der Waals surface area (Å²) < 4.78 is 42.0. The Morgan fingerprint density at radius 2 is 0.976 bits per heavy atom. The minimum Gasteiger partial charge on any atom is -0.457 e. The summed E-state index contributed by atoms with van der Waals surface area (Å²) in [7, 11) is 8.25. The number of imide groups is 2. The molecule has 9 aliphatic rings. The van der Waals surface area contributed by atoms with Gasteiger partial charge in [-0.2, -0.15) is 4.89 Å². The Morgan fingerprint density at radius 3 is 1.39 bits per heavy atom. The van der Waals surface area contributed by atoms with E-state index in [0.717, 1.165) is 75.4 Å². The minimum absolute atomic E-state index is 0.132. The van der Waals surface area contributed by atoms with Crippen LogP contribution in [0.5, 0.6) is 0 Å². The lowest BCUT2D eigenvalue weighted by Gasteiger charge is -2.42. The van der Waals surface area contributed by atoms with E-state index in [9.17, 15) is 67.7 Å². The maximum atomic E-state index is 15.2. The second-order valence-electron chi connectivity index (χ2n) is 33.7. The summed E-state index contributed by atoms with van der Waals surface area (Å²) in [5.41, 5.74) is -1.67. The number of thioether (sulfide) groups is 2. The van der Waals surface area contributed by atoms with Gasteiger partial charge in [-0.05, 0) is 103 Å². The molecule has 0 spiro atoms. The first kappa shape index (κ1) is 95.6. The number of nitrogens with one attached hydrogen (secondary N) is 2. The van der Waals surface area contributed by atoms with Crippen molar-refractivity contribution in [3.8, 4) is 0 Å². The van der Waals surface area contributed by atoms with E-state index in [1.807, 2.05) is 38.1 Å². The van der Waals surface area contributed by atoms with Crippen LogP contribution < -0.4 is 20.4 Å². The van der Waals surface area contributed by atoms with Crippen LogP contribution >= 0.6 is 46.7 Å². The number of carbonyl (C=O) groups is 14. The Kier molecular flexibility index (Phi) is 30.1. The first-order valence-corrected chi connectivity index (χ1v) is 43.9. The van der Waals surface area contributed by atoms with Gasteiger partial charge in [-0.3, -0.25) is 83.3 Å². The SMILES string of the molecule is CO[C@@H]1/C=C/C=C(\C)Cc2cc(C)c(Cl)c(c2)N(C)C(=O)C[C@H](OOC(=O)[C@H](C)N(C)C(=O)CCN2C(=O)CCN3C(=O)CC(SCSC4CC(=O)N(CCC(=O)N2CCC(=O)N(C)[C@@H](C)C(=O)O[C@H]2CC(=O)N(C)c5cc(cc(C)c5Cl)C/C(C)=C/C=C/[C@@H](OC)[C@@]5(O)CC(OC(=O)N5)[C@@H](C)[C@H]5O[C@]25C)C4=O)C3=O)[C@@]2(C)O[C@@H]2[C@H](C)C2C[C@@]1(O)NC(=O)O2. The molecule has 4 N–H and O–H groups in total. The lowest BCUT2D eigenvalue weighted by molar-refractivity contribution is -0.309. The Hall–Kier alpha value is -9.02. The van der Waals surface area contributed by atoms with Crippen molar-refractivity contribution >= 4 is 141 Å². The third-order valence-corrected chi connectivity index (χ3v) is 28.6. The van der Waals surface area contributed by atoms with Crippen LogP contribution in [0.15, 0.2) is 71.9 Å². The number of methoxy groups -OCH3 is 2. The number of fused-ring (bicyclic) bond motifs is 14. The molecule has 7 saturated heterocycles. The van der Waals surface area contributed by atoms with E-state index >= 15 is 9.59 Å². The number of nitrogens with zero attached hydrogens (tertiary/aromatic N) is 8. The van der Waals surface area contributed by atoms with Crippen LogP contribution in [0, 0.1) is 25.7 Å². The zero-order valence-electron chi connectivity index (χ0n) is 72.3. The maximum absolute atomic E-state index is 15.2. The molecular formula is C85H110Cl2N10O25S2. The third-order valence-electron chi connectivity index (χ3n) is 25.0. The van der Waals surface area contributed by atoms with Crippen LogP contribution in [0.4, 0.5) is 21.0 Å². The average molecular weight is 1810 g/mol. The van der Waals surface area contributed by atoms with Crippen molar-refractivity contribution in [3.05, 3.63) is 104 Å². The van der Waals surface area contributed by atoms with Gasteiger partial charge in [-0.1, -0.05) is 96.8 Å². The monoisotopic (exact) mass is 1800 g/mol. The fourth-order valence-electron chi connectivity index (χ4n) is 16.8. The van der Waals surface area contributed by atoms with Crippen molar-refractivity contribution < 1.29 is 120 Å². The summed E-state index contributed by atoms with van der Waals surface area (Å²) in [5.74, 6) is -11.0. The zero-order valence-corrected chi connectivity index (χ0v) is 75.5. The highest BCUT2D eigenvalue weighted by molar-refractivity contribution is 8.17. The maximum Gasteiger partial charge on any atom is 0.409 e. The molecule has 0 aromatic heterocycles. The highest BCUT2D eigenvalue weighted by Crippen LogP contribution is 2.52. The number of halogens is 2. The summed E-state index contributed by atoms with van der Waals surface area (Å²) in [6, 6.07) is 4.24. The normalized spacial score (nSPS) is 32.5. The molecular weight excluding hydrogens is 1700 g/mol. The molecule has 0 saturated carbocycles. The summed E-state index contributed by atoms with van der Waals surface area (Å²) in [6.45, 7) is 14.1. The van der Waals surface area contributed by atoms with Gasteiger partial charge >= 0.3 is 24.1 Å². The number of hydrogen-bond donors (Lipinski definition) is 4. The summed E-state index contributed by atoms with van der Waals surface area (Å²) in [6.07, 6.45) is -4.44. The number of allylic oxidation sites excluding steroid dienone is 6. The minimum atomic E-state index is -1.99. The predicted molar refractivity (Wildman–Crippen MR) is 452 cm³/mol. The molecule has 0 radical (unpaired) electrons. The molecule has 35 nitrogen and oxygen atoms in total. The number of hydrogen-bond acceptors (Lipinski definition) is 27. The van der Waals surface area contributed by atoms with Gasteiger partial charge in [-0.25, -0.2) is 19.2 Å². The van der Waals surface area contributed by atoms with Crippen LogP contribution in [0.2, 0.25) is 10.0 Å². The summed E-state index contributed by atoms with van der Waals surface area (Å²) >= 11 is 16.0. The van der Waals surface area contributed by atoms with E-state index in [1.54, 1.807) is 78.0 Å². The van der Waals surface area contributed by atoms with Gasteiger partial charge in [-0.15, -0.1) is 23.5 Å². The van der Waals surface area contributed by atoms with Crippen molar-refractivity contribution in [2.75, 3.05) is 83.5 Å². The number of epoxide rings is 2. The molecule has 18 atom stereocenters. The van der Waals surface area contributed by atoms with E-state index < -0.39 is 254 Å². The van der Waals surface area contributed by atoms with Crippen LogP contribution in [0.25, 0.3) is 0 Å². The molecule has 7 fully saturated rings. The second-order valence-corrected chi connectivity index (χ2v) is 37.2. The van der Waals surface area contributed by atoms with Crippen LogP contribution in [-0.2, 0) is 113 Å². The largest absolute Gasteiger partial charge is 0.457 e. The first-order valence-electron chi connectivity index (χ1n) is 41.1. The Labute approximate surface area is 737 Å². The number of hydrazine groups is 1. The molecule has 9 heterocycles. The molecule has 676 valence electrons. The van der Waals surface area contributed by atoms with Gasteiger partial charge in [0.15, 0.2) is 11.4 Å². The number of alkyl carbamates (subject to hydrolysis) is 2. The standard InChI is InChI=1S/C85H110Cl2N10O25S2/c1-44-19-17-21-60(114-15)84(112)41-56(116-80(110)88-84)48(5)74-82(9,119-74)62(39-68(102)92(13)54-35-52(31-44)33-46(3)72(54)86)118-78(108)50(7)90(11)64(98)25-29-96-66(100)23-27-94-70(104)37-58(76(94)106)123-43-124-59-38-71(105)95(77(59)107)28-24-67(101)97(96)30-26-65(99)91(12)51(8)79(109)122-121-63-40-69(103)93(14)55-36-53(34-47(4)73(55)87)32-45(2)20-18-22-61(115-16)85(113)42-57(117-81(111)89-85)49(6)75-83(63,10)120-75/h17-22,33-36,48-51,56-63,74-75,112-113H,23-32,37-43H2,1-16H3,(H,88,110)(H,89,111)/b21-17+,22-18+,44-19+,45-20+/t48-,49-,50+,51+,56?,57?,58?,59?,60-,61-,62+,63+,74-,75-,82-,83-,84+,85+/m1/s1. The zero-order chi connectivity index (χ0) is 90.8. The van der Waals surface area contributed by atoms with Gasteiger partial charge < -0.3 is 63.0 Å². The number of likely N-dealkylation sites (N-methyl/N-ethyl adjacent to an activating group) is 2. The smallest absolute Gasteiger partial charge is 0.409 e. The summed E-state index contributed by atoms with van der Waals surface area (Å²) in [5, 5.41) is 29.7. The number of rotatable bonds is 15. The van der Waals surface area contributed by atoms with Gasteiger partial charge in [0.2, 0.25) is 59.1 Å². The molecule has 11 rings (SSSR count). The average Bonchev–Trinajstić information content (AvgIpc) is 1.57. The van der Waals surface area contributed by atoms with Gasteiger partial charge in [0.1, 0.15) is 59.9 Å². The van der Waals surface area contributed by atoms with E-state index in [0.29, 0.717) is 35.3 Å². The molecule has 39 heteroatoms. The molecule has 2 aromatic rings. The summed E-state index contributed by atoms with van der Waals surface area (Å²) in [4.78, 5) is 218. The lowest BCUT2D eigenvalue weighted by atomic mass is 9.83. The highest BCUT2D eigenvalue weighted by atomic mass is 35.5. The predicted octanol–water partition coefficient (Wildman–Crippen LogP) is 6.40. The number of ether oxygens (including phenoxy) is 7. The molecule has 124 heavy (non-hydrogen) atoms. The van der Waals surface area contributed by atoms with E-state index in [2.05, 4.69) is 10.6 Å². The molecule has 0 aliphatic carbocycles. The number of anilines is 2. The molecule has 12 amide bonds. The van der Waals surface area contributed by atoms with Crippen molar-refractivity contribution in [3.63, 3.8) is 0 Å². The van der Waals surface area contributed by atoms with Crippen molar-refractivity contribution in [2.24, 2.45) is 11.8 Å². The van der Waals surface area contributed by atoms with Crippen molar-refractivity contribution in [1.29, 1.82) is 0 Å². The van der Waals surface area contributed by atoms with Gasteiger partial charge in [0.05, 0.1) is 70.1 Å². The molecule has 2 aromatic carbocycles. The van der Waals surface area contributed by atoms with Crippen LogP contribution in [-0.4, -0.2) is 291 Å². The fourth-order valence-corrected chi connectivity index (χ4v) is 20.0. The Morgan fingerprint density at radius 1 is 0.581 bits per heavy atom. The first-order chi connectivity index (χ1) is 58.3. The number of amides is 12. The molecule has 12 bridgehead atoms. The second kappa shape index (κ2) is 39.1. The topological polar surface area (TPSA) is 419 Å². The number of esters is 1. The molecule has 4 unspecified atom stereocenters. The van der Waals surface area contributed by atoms with E-state index in [-0.39, 0.29) is 40.8 Å². The van der Waals surface area contributed by atoms with Crippen LogP contribution in [0.3, 0.4) is 0 Å². The van der Waals surface area contributed by atoms with Crippen molar-refractivity contribution in [1.82, 2.24) is 40.3 Å². The van der Waals surface area contributed by atoms with E-state index in [1.165, 1.54) is 66.1 Å². The number of carbonyl (C=O) groups excluding carboxylic acids is 14. The Balaban J connectivity index is 0.838. The fraction of sp³-hybridized carbons (Fsp3) is 0.600. The highest BCUT2D eigenvalue weighted by Gasteiger charge is 2.66. The Bertz CT molecular complexity index is 4710. The quantitative estimate of drug-likeness (QED) is 0.0374. The number of aryl methyl sites for hydroxylation is 2. The van der Waals surface area contributed by atoms with Gasteiger partial charge in [0.25, 0.3) is 0 Å². The number of benzene rings is 2. The van der Waals surface area contributed by atoms with Crippen molar-refractivity contribution in [2.45, 2.75) is 240 Å². The van der Waals surface area contributed by atoms with Crippen LogP contribution in [0.1, 0.15) is 142 Å². The molecule has 9 aliphatic heterocycles. The number of aliphatic hydroxyl groups is 2. The third kappa shape index (κ3) is 21.0.